The van der Waals surface area contributed by atoms with Crippen LogP contribution in [0.3, 0.4) is 0 Å². The summed E-state index contributed by atoms with van der Waals surface area (Å²) in [6.07, 6.45) is 3.58. The van der Waals surface area contributed by atoms with E-state index in [2.05, 4.69) is 20.8 Å². The average Bonchev–Trinajstić information content (AvgIpc) is 2.09. The SMILES string of the molecule is CC(C)CC1(OCCO)CCC1C. The van der Waals surface area contributed by atoms with Crippen molar-refractivity contribution in [1.82, 2.24) is 0 Å². The van der Waals surface area contributed by atoms with Crippen LogP contribution in [-0.2, 0) is 4.74 Å². The summed E-state index contributed by atoms with van der Waals surface area (Å²) in [5.41, 5.74) is 0.0941. The molecule has 0 aliphatic heterocycles. The third-order valence-electron chi connectivity index (χ3n) is 3.13. The number of ether oxygens (including phenoxy) is 1. The molecule has 1 aliphatic carbocycles. The van der Waals surface area contributed by atoms with Crippen molar-refractivity contribution in [3.63, 3.8) is 0 Å². The molecule has 1 saturated carbocycles. The van der Waals surface area contributed by atoms with E-state index in [1.54, 1.807) is 0 Å². The summed E-state index contributed by atoms with van der Waals surface area (Å²) in [7, 11) is 0. The second kappa shape index (κ2) is 4.43. The molecule has 0 aromatic carbocycles. The summed E-state index contributed by atoms with van der Waals surface area (Å²) in [5, 5.41) is 8.74. The molecule has 2 atom stereocenters. The first-order valence-electron chi connectivity index (χ1n) is 5.35. The zero-order valence-corrected chi connectivity index (χ0v) is 9.05. The summed E-state index contributed by atoms with van der Waals surface area (Å²) < 4.78 is 5.79. The molecule has 0 bridgehead atoms. The zero-order valence-electron chi connectivity index (χ0n) is 9.05. The van der Waals surface area contributed by atoms with Gasteiger partial charge in [0.25, 0.3) is 0 Å². The van der Waals surface area contributed by atoms with Gasteiger partial charge in [0, 0.05) is 0 Å². The molecule has 13 heavy (non-hydrogen) atoms. The highest BCUT2D eigenvalue weighted by Crippen LogP contribution is 2.45. The van der Waals surface area contributed by atoms with E-state index in [0.29, 0.717) is 18.4 Å². The van der Waals surface area contributed by atoms with Crippen LogP contribution in [-0.4, -0.2) is 23.9 Å². The van der Waals surface area contributed by atoms with Crippen molar-refractivity contribution >= 4 is 0 Å². The number of aliphatic hydroxyl groups excluding tert-OH is 1. The summed E-state index contributed by atoms with van der Waals surface area (Å²) in [6, 6.07) is 0. The molecule has 1 N–H and O–H groups in total. The normalized spacial score (nSPS) is 33.5. The van der Waals surface area contributed by atoms with Crippen molar-refractivity contribution in [2.24, 2.45) is 11.8 Å². The van der Waals surface area contributed by atoms with Gasteiger partial charge in [-0.25, -0.2) is 0 Å². The van der Waals surface area contributed by atoms with Gasteiger partial charge in [-0.2, -0.15) is 0 Å². The number of hydrogen-bond acceptors (Lipinski definition) is 2. The van der Waals surface area contributed by atoms with E-state index >= 15 is 0 Å². The van der Waals surface area contributed by atoms with E-state index in [4.69, 9.17) is 9.84 Å². The lowest BCUT2D eigenvalue weighted by molar-refractivity contribution is -0.156. The van der Waals surface area contributed by atoms with Crippen molar-refractivity contribution in [2.45, 2.75) is 45.6 Å². The minimum atomic E-state index is 0.0941. The Labute approximate surface area is 81.3 Å². The van der Waals surface area contributed by atoms with Crippen LogP contribution in [0.25, 0.3) is 0 Å². The Morgan fingerprint density at radius 2 is 2.23 bits per heavy atom. The van der Waals surface area contributed by atoms with Gasteiger partial charge in [-0.05, 0) is 31.1 Å². The van der Waals surface area contributed by atoms with Crippen LogP contribution in [0.15, 0.2) is 0 Å². The molecule has 0 saturated heterocycles. The Kier molecular flexibility index (Phi) is 3.74. The van der Waals surface area contributed by atoms with E-state index in [-0.39, 0.29) is 12.2 Å². The topological polar surface area (TPSA) is 29.5 Å². The van der Waals surface area contributed by atoms with E-state index in [1.165, 1.54) is 12.8 Å². The fourth-order valence-electron chi connectivity index (χ4n) is 2.27. The lowest BCUT2D eigenvalue weighted by Crippen LogP contribution is -2.49. The Hall–Kier alpha value is -0.0800. The van der Waals surface area contributed by atoms with Crippen molar-refractivity contribution < 1.29 is 9.84 Å². The third-order valence-corrected chi connectivity index (χ3v) is 3.13. The maximum absolute atomic E-state index is 8.74. The summed E-state index contributed by atoms with van der Waals surface area (Å²) in [6.45, 7) is 7.36. The molecule has 0 aromatic heterocycles. The van der Waals surface area contributed by atoms with Crippen LogP contribution in [0.5, 0.6) is 0 Å². The largest absolute Gasteiger partial charge is 0.394 e. The Morgan fingerprint density at radius 3 is 2.54 bits per heavy atom. The van der Waals surface area contributed by atoms with E-state index in [9.17, 15) is 0 Å². The van der Waals surface area contributed by atoms with Gasteiger partial charge in [-0.15, -0.1) is 0 Å². The van der Waals surface area contributed by atoms with Gasteiger partial charge in [0.05, 0.1) is 18.8 Å². The van der Waals surface area contributed by atoms with Crippen LogP contribution >= 0.6 is 0 Å². The van der Waals surface area contributed by atoms with Gasteiger partial charge >= 0.3 is 0 Å². The van der Waals surface area contributed by atoms with Crippen LogP contribution in [0, 0.1) is 11.8 Å². The second-order valence-corrected chi connectivity index (χ2v) is 4.67. The predicted molar refractivity (Wildman–Crippen MR) is 53.6 cm³/mol. The molecule has 0 aromatic rings. The number of rotatable bonds is 5. The minimum absolute atomic E-state index is 0.0941. The number of hydrogen-bond donors (Lipinski definition) is 1. The van der Waals surface area contributed by atoms with Crippen molar-refractivity contribution in [3.8, 4) is 0 Å². The molecular formula is C11H22O2. The molecular weight excluding hydrogens is 164 g/mol. The maximum atomic E-state index is 8.74. The summed E-state index contributed by atoms with van der Waals surface area (Å²) >= 11 is 0. The average molecular weight is 186 g/mol. The molecule has 0 radical (unpaired) electrons. The van der Waals surface area contributed by atoms with Crippen LogP contribution in [0.2, 0.25) is 0 Å². The molecule has 0 amide bonds. The lowest BCUT2D eigenvalue weighted by Gasteiger charge is -2.49. The molecule has 0 spiro atoms. The van der Waals surface area contributed by atoms with Crippen LogP contribution < -0.4 is 0 Å². The first-order valence-corrected chi connectivity index (χ1v) is 5.35. The van der Waals surface area contributed by atoms with E-state index in [1.807, 2.05) is 0 Å². The molecule has 2 heteroatoms. The Balaban J connectivity index is 2.44. The van der Waals surface area contributed by atoms with Crippen LogP contribution in [0.1, 0.15) is 40.0 Å². The predicted octanol–water partition coefficient (Wildman–Crippen LogP) is 2.21. The number of aliphatic hydroxyl groups is 1. The van der Waals surface area contributed by atoms with Gasteiger partial charge in [0.1, 0.15) is 0 Å². The molecule has 78 valence electrons. The highest BCUT2D eigenvalue weighted by Gasteiger charge is 2.44. The van der Waals surface area contributed by atoms with Gasteiger partial charge in [0.15, 0.2) is 0 Å². The quantitative estimate of drug-likeness (QED) is 0.713. The zero-order chi connectivity index (χ0) is 9.90. The van der Waals surface area contributed by atoms with Crippen LogP contribution in [0.4, 0.5) is 0 Å². The molecule has 0 heterocycles. The van der Waals surface area contributed by atoms with Gasteiger partial charge in [0.2, 0.25) is 0 Å². The van der Waals surface area contributed by atoms with Crippen molar-refractivity contribution in [2.75, 3.05) is 13.2 Å². The van der Waals surface area contributed by atoms with Gasteiger partial charge in [-0.1, -0.05) is 20.8 Å². The molecule has 2 nitrogen and oxygen atoms in total. The smallest absolute Gasteiger partial charge is 0.0711 e. The maximum Gasteiger partial charge on any atom is 0.0711 e. The Morgan fingerprint density at radius 1 is 1.54 bits per heavy atom. The molecule has 1 rings (SSSR count). The lowest BCUT2D eigenvalue weighted by atomic mass is 9.66. The van der Waals surface area contributed by atoms with E-state index in [0.717, 1.165) is 6.42 Å². The summed E-state index contributed by atoms with van der Waals surface area (Å²) in [4.78, 5) is 0. The Bertz CT molecular complexity index is 156. The van der Waals surface area contributed by atoms with Gasteiger partial charge in [-0.3, -0.25) is 0 Å². The first-order chi connectivity index (χ1) is 6.10. The van der Waals surface area contributed by atoms with Crippen molar-refractivity contribution in [1.29, 1.82) is 0 Å². The van der Waals surface area contributed by atoms with Crippen molar-refractivity contribution in [3.05, 3.63) is 0 Å². The summed E-state index contributed by atoms with van der Waals surface area (Å²) in [5.74, 6) is 1.35. The fraction of sp³-hybridized carbons (Fsp3) is 1.00. The molecule has 2 unspecified atom stereocenters. The monoisotopic (exact) mass is 186 g/mol. The van der Waals surface area contributed by atoms with Gasteiger partial charge < -0.3 is 9.84 Å². The highest BCUT2D eigenvalue weighted by molar-refractivity contribution is 4.96. The molecule has 1 fully saturated rings. The highest BCUT2D eigenvalue weighted by atomic mass is 16.5. The standard InChI is InChI=1S/C11H22O2/c1-9(2)8-11(13-7-6-12)5-4-10(11)3/h9-10,12H,4-8H2,1-3H3. The minimum Gasteiger partial charge on any atom is -0.394 e. The molecule has 1 aliphatic rings. The third kappa shape index (κ3) is 2.44. The first kappa shape index (κ1) is 11.0. The fourth-order valence-corrected chi connectivity index (χ4v) is 2.27. The van der Waals surface area contributed by atoms with E-state index < -0.39 is 0 Å². The second-order valence-electron chi connectivity index (χ2n) is 4.67.